The Labute approximate surface area is 174 Å². The maximum atomic E-state index is 12.0. The van der Waals surface area contributed by atoms with E-state index in [0.29, 0.717) is 6.54 Å². The van der Waals surface area contributed by atoms with Gasteiger partial charge in [0, 0.05) is 29.3 Å². The van der Waals surface area contributed by atoms with Crippen LogP contribution in [0.1, 0.15) is 17.7 Å². The maximum absolute atomic E-state index is 12.0. The zero-order valence-corrected chi connectivity index (χ0v) is 17.2. The first kappa shape index (κ1) is 20.9. The number of aromatic nitrogens is 1. The van der Waals surface area contributed by atoms with E-state index < -0.39 is 10.0 Å². The molecular weight excluding hydrogens is 406 g/mol. The van der Waals surface area contributed by atoms with Crippen LogP contribution in [0.3, 0.4) is 0 Å². The van der Waals surface area contributed by atoms with Crippen LogP contribution in [0.25, 0.3) is 16.6 Å². The van der Waals surface area contributed by atoms with Crippen molar-refractivity contribution in [3.05, 3.63) is 82.7 Å². The maximum Gasteiger partial charge on any atom is 0.233 e. The Hall–Kier alpha value is -2.81. The lowest BCUT2D eigenvalue weighted by Gasteiger charge is -2.04. The molecule has 6 nitrogen and oxygen atoms in total. The van der Waals surface area contributed by atoms with Gasteiger partial charge in [-0.2, -0.15) is 0 Å². The van der Waals surface area contributed by atoms with Crippen LogP contribution in [-0.2, 0) is 21.4 Å². The monoisotopic (exact) mass is 427 g/mol. The molecule has 2 aromatic carbocycles. The standard InChI is InChI=1S/C21H21N3O3S2/c25-20(11-13-23-29(26,27)14-12-17-7-3-1-4-8-17)22-15-19-16-28-21(24-19)18-9-5-2-6-10-18/h1-10,12,14,16,23H,11,13,15H2,(H,22,25)/b14-12+. The second-order valence-corrected chi connectivity index (χ2v) is 8.70. The molecule has 0 fully saturated rings. The smallest absolute Gasteiger partial charge is 0.233 e. The first-order valence-corrected chi connectivity index (χ1v) is 11.4. The molecule has 0 aliphatic rings. The Bertz CT molecular complexity index is 1060. The largest absolute Gasteiger partial charge is 0.350 e. The van der Waals surface area contributed by atoms with E-state index in [2.05, 4.69) is 15.0 Å². The van der Waals surface area contributed by atoms with Crippen LogP contribution in [0.2, 0.25) is 0 Å². The number of amides is 1. The van der Waals surface area contributed by atoms with Crippen LogP contribution in [0.5, 0.6) is 0 Å². The second-order valence-electron chi connectivity index (χ2n) is 6.19. The van der Waals surface area contributed by atoms with E-state index in [4.69, 9.17) is 0 Å². The van der Waals surface area contributed by atoms with Crippen LogP contribution in [0.4, 0.5) is 0 Å². The number of carbonyl (C=O) groups excluding carboxylic acids is 1. The first-order chi connectivity index (χ1) is 14.0. The number of rotatable bonds is 9. The van der Waals surface area contributed by atoms with E-state index in [9.17, 15) is 13.2 Å². The summed E-state index contributed by atoms with van der Waals surface area (Å²) in [6.07, 6.45) is 1.56. The minimum absolute atomic E-state index is 0.0274. The summed E-state index contributed by atoms with van der Waals surface area (Å²) in [7, 11) is -3.59. The highest BCUT2D eigenvalue weighted by molar-refractivity contribution is 7.92. The van der Waals surface area contributed by atoms with Gasteiger partial charge in [0.05, 0.1) is 12.2 Å². The molecule has 29 heavy (non-hydrogen) atoms. The topological polar surface area (TPSA) is 88.2 Å². The lowest BCUT2D eigenvalue weighted by molar-refractivity contribution is -0.121. The third-order valence-electron chi connectivity index (χ3n) is 3.93. The summed E-state index contributed by atoms with van der Waals surface area (Å²) in [6.45, 7) is 0.336. The van der Waals surface area contributed by atoms with Crippen LogP contribution in [0.15, 0.2) is 71.5 Å². The highest BCUT2D eigenvalue weighted by Gasteiger charge is 2.09. The van der Waals surface area contributed by atoms with E-state index in [-0.39, 0.29) is 18.9 Å². The summed E-state index contributed by atoms with van der Waals surface area (Å²) in [5, 5.41) is 6.66. The van der Waals surface area contributed by atoms with E-state index in [0.717, 1.165) is 27.2 Å². The van der Waals surface area contributed by atoms with Gasteiger partial charge >= 0.3 is 0 Å². The van der Waals surface area contributed by atoms with E-state index in [1.165, 1.54) is 17.4 Å². The van der Waals surface area contributed by atoms with Crippen molar-refractivity contribution in [2.75, 3.05) is 6.54 Å². The van der Waals surface area contributed by atoms with Crippen molar-refractivity contribution < 1.29 is 13.2 Å². The van der Waals surface area contributed by atoms with Crippen molar-refractivity contribution in [3.63, 3.8) is 0 Å². The molecule has 1 amide bonds. The summed E-state index contributed by atoms with van der Waals surface area (Å²) >= 11 is 1.52. The minimum Gasteiger partial charge on any atom is -0.350 e. The molecule has 0 spiro atoms. The molecule has 0 aliphatic heterocycles. The van der Waals surface area contributed by atoms with Gasteiger partial charge < -0.3 is 5.32 Å². The molecule has 1 heterocycles. The minimum atomic E-state index is -3.59. The molecule has 1 aromatic heterocycles. The highest BCUT2D eigenvalue weighted by Crippen LogP contribution is 2.23. The molecule has 3 rings (SSSR count). The molecule has 0 radical (unpaired) electrons. The zero-order chi connectivity index (χ0) is 20.5. The normalized spacial score (nSPS) is 11.6. The predicted molar refractivity (Wildman–Crippen MR) is 116 cm³/mol. The van der Waals surface area contributed by atoms with E-state index in [1.54, 1.807) is 12.1 Å². The average molecular weight is 428 g/mol. The number of thiazole rings is 1. The van der Waals surface area contributed by atoms with Crippen molar-refractivity contribution in [2.24, 2.45) is 0 Å². The van der Waals surface area contributed by atoms with Gasteiger partial charge in [-0.3, -0.25) is 4.79 Å². The zero-order valence-electron chi connectivity index (χ0n) is 15.6. The number of carbonyl (C=O) groups is 1. The Morgan fingerprint density at radius 3 is 2.45 bits per heavy atom. The van der Waals surface area contributed by atoms with E-state index in [1.807, 2.05) is 53.9 Å². The lowest BCUT2D eigenvalue weighted by atomic mass is 10.2. The van der Waals surface area contributed by atoms with E-state index >= 15 is 0 Å². The highest BCUT2D eigenvalue weighted by atomic mass is 32.2. The van der Waals surface area contributed by atoms with Crippen molar-refractivity contribution >= 4 is 33.3 Å². The van der Waals surface area contributed by atoms with Gasteiger partial charge in [-0.1, -0.05) is 60.7 Å². The second kappa shape index (κ2) is 10.1. The molecule has 0 atom stereocenters. The molecule has 3 aromatic rings. The quantitative estimate of drug-likeness (QED) is 0.548. The number of nitrogens with one attached hydrogen (secondary N) is 2. The van der Waals surface area contributed by atoms with Gasteiger partial charge in [0.25, 0.3) is 0 Å². The molecule has 2 N–H and O–H groups in total. The van der Waals surface area contributed by atoms with Crippen molar-refractivity contribution in [2.45, 2.75) is 13.0 Å². The molecular formula is C21H21N3O3S2. The fraction of sp³-hybridized carbons (Fsp3) is 0.143. The van der Waals surface area contributed by atoms with Gasteiger partial charge in [0.15, 0.2) is 0 Å². The third kappa shape index (κ3) is 6.94. The van der Waals surface area contributed by atoms with Gasteiger partial charge in [-0.05, 0) is 11.6 Å². The van der Waals surface area contributed by atoms with Crippen molar-refractivity contribution in [1.82, 2.24) is 15.0 Å². The van der Waals surface area contributed by atoms with Crippen molar-refractivity contribution in [3.8, 4) is 10.6 Å². The Morgan fingerprint density at radius 2 is 1.72 bits per heavy atom. The lowest BCUT2D eigenvalue weighted by Crippen LogP contribution is -2.29. The molecule has 150 valence electrons. The van der Waals surface area contributed by atoms with Crippen LogP contribution in [-0.4, -0.2) is 25.9 Å². The number of nitrogens with zero attached hydrogens (tertiary/aromatic N) is 1. The third-order valence-corrected chi connectivity index (χ3v) is 5.97. The molecule has 0 saturated carbocycles. The fourth-order valence-corrected chi connectivity index (χ4v) is 4.11. The Balaban J connectivity index is 1.41. The summed E-state index contributed by atoms with van der Waals surface area (Å²) in [4.78, 5) is 16.5. The molecule has 0 bridgehead atoms. The number of sulfonamides is 1. The van der Waals surface area contributed by atoms with Gasteiger partial charge in [-0.15, -0.1) is 11.3 Å². The number of benzene rings is 2. The molecule has 0 unspecified atom stereocenters. The van der Waals surface area contributed by atoms with Crippen LogP contribution >= 0.6 is 11.3 Å². The predicted octanol–water partition coefficient (Wildman–Crippen LogP) is 3.41. The summed E-state index contributed by atoms with van der Waals surface area (Å²) < 4.78 is 26.3. The Morgan fingerprint density at radius 1 is 1.03 bits per heavy atom. The molecule has 8 heteroatoms. The van der Waals surface area contributed by atoms with Crippen LogP contribution < -0.4 is 10.0 Å². The number of hydrogen-bond acceptors (Lipinski definition) is 5. The summed E-state index contributed by atoms with van der Waals surface area (Å²) in [6, 6.07) is 19.0. The SMILES string of the molecule is O=C(CCNS(=O)(=O)/C=C/c1ccccc1)NCc1csc(-c2ccccc2)n1. The number of hydrogen-bond donors (Lipinski definition) is 2. The summed E-state index contributed by atoms with van der Waals surface area (Å²) in [5.41, 5.74) is 2.59. The Kier molecular flexibility index (Phi) is 7.29. The summed E-state index contributed by atoms with van der Waals surface area (Å²) in [5.74, 6) is -0.242. The van der Waals surface area contributed by atoms with Gasteiger partial charge in [0.1, 0.15) is 5.01 Å². The van der Waals surface area contributed by atoms with Gasteiger partial charge in [0.2, 0.25) is 15.9 Å². The first-order valence-electron chi connectivity index (χ1n) is 9.01. The fourth-order valence-electron chi connectivity index (χ4n) is 2.47. The molecule has 0 aliphatic carbocycles. The van der Waals surface area contributed by atoms with Gasteiger partial charge in [-0.25, -0.2) is 18.1 Å². The van der Waals surface area contributed by atoms with Crippen molar-refractivity contribution in [1.29, 1.82) is 0 Å². The van der Waals surface area contributed by atoms with Crippen LogP contribution in [0, 0.1) is 0 Å². The average Bonchev–Trinajstić information content (AvgIpc) is 3.21. The molecule has 0 saturated heterocycles.